The molecule has 0 unspecified atom stereocenters. The van der Waals surface area contributed by atoms with E-state index >= 15 is 0 Å². The summed E-state index contributed by atoms with van der Waals surface area (Å²) in [5, 5.41) is 11.1. The van der Waals surface area contributed by atoms with Crippen molar-refractivity contribution in [1.29, 1.82) is 0 Å². The van der Waals surface area contributed by atoms with Gasteiger partial charge in [-0.05, 0) is 26.0 Å². The Morgan fingerprint density at radius 1 is 0.857 bits per heavy atom. The predicted molar refractivity (Wildman–Crippen MR) is 84.8 cm³/mol. The molecule has 2 aromatic rings. The molecule has 152 valence electrons. The van der Waals surface area contributed by atoms with E-state index in [-0.39, 0.29) is 24.3 Å². The van der Waals surface area contributed by atoms with Crippen LogP contribution in [0, 0.1) is 34.9 Å². The van der Waals surface area contributed by atoms with E-state index in [9.17, 15) is 36.2 Å². The topological polar surface area (TPSA) is 72.6 Å². The number of hydrogen-bond acceptors (Lipinski definition) is 4. The molecule has 0 aliphatic heterocycles. The summed E-state index contributed by atoms with van der Waals surface area (Å²) < 4.78 is 87.5. The van der Waals surface area contributed by atoms with Crippen LogP contribution in [0.4, 0.5) is 26.3 Å². The van der Waals surface area contributed by atoms with Crippen LogP contribution in [0.15, 0.2) is 24.3 Å². The molecule has 0 heterocycles. The number of esters is 1. The molecule has 0 saturated heterocycles. The van der Waals surface area contributed by atoms with Crippen LogP contribution in [0.1, 0.15) is 25.0 Å². The number of ether oxygens (including phenoxy) is 1. The molecule has 4 nitrogen and oxygen atoms in total. The SMILES string of the molecule is C[C@H](N)C(=O)O[C@@H](C)C(O)(c1cc(F)c(F)cc1F)c1cc(F)c(F)cc1F. The minimum atomic E-state index is -3.05. The lowest BCUT2D eigenvalue weighted by atomic mass is 9.81. The van der Waals surface area contributed by atoms with Crippen molar-refractivity contribution in [1.82, 2.24) is 0 Å². The van der Waals surface area contributed by atoms with Gasteiger partial charge in [0.05, 0.1) is 0 Å². The van der Waals surface area contributed by atoms with Crippen molar-refractivity contribution in [2.45, 2.75) is 31.6 Å². The monoisotopic (exact) mass is 407 g/mol. The van der Waals surface area contributed by atoms with Crippen molar-refractivity contribution in [2.24, 2.45) is 5.73 Å². The molecule has 0 aliphatic rings. The van der Waals surface area contributed by atoms with E-state index in [1.165, 1.54) is 6.92 Å². The van der Waals surface area contributed by atoms with E-state index < -0.39 is 69.7 Å². The molecule has 0 aliphatic carbocycles. The number of rotatable bonds is 5. The van der Waals surface area contributed by atoms with Gasteiger partial charge in [0.1, 0.15) is 23.8 Å². The molecular weight excluding hydrogens is 392 g/mol. The third kappa shape index (κ3) is 3.83. The molecule has 28 heavy (non-hydrogen) atoms. The first-order chi connectivity index (χ1) is 12.9. The Morgan fingerprint density at radius 2 is 1.21 bits per heavy atom. The highest BCUT2D eigenvalue weighted by Gasteiger charge is 2.45. The molecule has 0 spiro atoms. The molecule has 2 rings (SSSR count). The van der Waals surface area contributed by atoms with Gasteiger partial charge in [-0.15, -0.1) is 0 Å². The highest BCUT2D eigenvalue weighted by atomic mass is 19.2. The van der Waals surface area contributed by atoms with Crippen LogP contribution in [0.5, 0.6) is 0 Å². The number of carbonyl (C=O) groups is 1. The van der Waals surface area contributed by atoms with Crippen LogP contribution in [-0.2, 0) is 15.1 Å². The van der Waals surface area contributed by atoms with Crippen molar-refractivity contribution in [2.75, 3.05) is 0 Å². The molecule has 0 aromatic heterocycles. The highest BCUT2D eigenvalue weighted by Crippen LogP contribution is 2.39. The fourth-order valence-corrected chi connectivity index (χ4v) is 2.58. The molecule has 0 radical (unpaired) electrons. The molecule has 3 N–H and O–H groups in total. The van der Waals surface area contributed by atoms with Gasteiger partial charge >= 0.3 is 5.97 Å². The van der Waals surface area contributed by atoms with Crippen LogP contribution in [0.2, 0.25) is 0 Å². The maximum Gasteiger partial charge on any atom is 0.323 e. The standard InChI is InChI=1S/C18H15F6NO3/c1-7(25)17(26)28-8(2)18(27,9-3-13(21)15(23)5-11(9)19)10-4-14(22)16(24)6-12(10)20/h3-8,27H,25H2,1-2H3/t7-,8-/m0/s1. The van der Waals surface area contributed by atoms with E-state index in [0.717, 1.165) is 6.92 Å². The van der Waals surface area contributed by atoms with Gasteiger partial charge in [0.15, 0.2) is 28.9 Å². The van der Waals surface area contributed by atoms with Crippen molar-refractivity contribution in [3.8, 4) is 0 Å². The third-order valence-corrected chi connectivity index (χ3v) is 4.09. The normalized spacial score (nSPS) is 13.9. The molecule has 0 fully saturated rings. The van der Waals surface area contributed by atoms with E-state index in [2.05, 4.69) is 0 Å². The maximum atomic E-state index is 14.4. The number of nitrogens with two attached hydrogens (primary N) is 1. The van der Waals surface area contributed by atoms with Gasteiger partial charge in [-0.3, -0.25) is 4.79 Å². The van der Waals surface area contributed by atoms with Crippen molar-refractivity contribution in [3.05, 3.63) is 70.3 Å². The second kappa shape index (κ2) is 7.80. The lowest BCUT2D eigenvalue weighted by molar-refractivity contribution is -0.161. The van der Waals surface area contributed by atoms with Gasteiger partial charge in [-0.2, -0.15) is 0 Å². The van der Waals surface area contributed by atoms with E-state index in [1.54, 1.807) is 0 Å². The average Bonchev–Trinajstić information content (AvgIpc) is 2.60. The Kier molecular flexibility index (Phi) is 6.05. The molecule has 2 atom stereocenters. The number of benzene rings is 2. The quantitative estimate of drug-likeness (QED) is 0.454. The number of halogens is 6. The van der Waals surface area contributed by atoms with Gasteiger partial charge in [-0.1, -0.05) is 0 Å². The zero-order valence-corrected chi connectivity index (χ0v) is 14.6. The minimum absolute atomic E-state index is 0.0630. The summed E-state index contributed by atoms with van der Waals surface area (Å²) in [5.74, 6) is -10.7. The Morgan fingerprint density at radius 3 is 1.57 bits per heavy atom. The molecule has 0 amide bonds. The average molecular weight is 407 g/mol. The van der Waals surface area contributed by atoms with Crippen LogP contribution in [0.3, 0.4) is 0 Å². The van der Waals surface area contributed by atoms with Gasteiger partial charge in [-0.25, -0.2) is 26.3 Å². The Hall–Kier alpha value is -2.59. The fraction of sp³-hybridized carbons (Fsp3) is 0.278. The van der Waals surface area contributed by atoms with E-state index in [4.69, 9.17) is 10.5 Å². The van der Waals surface area contributed by atoms with E-state index in [1.807, 2.05) is 0 Å². The molecule has 10 heteroatoms. The highest BCUT2D eigenvalue weighted by molar-refractivity contribution is 5.75. The number of hydrogen-bond donors (Lipinski definition) is 2. The van der Waals surface area contributed by atoms with Gasteiger partial charge < -0.3 is 15.6 Å². The van der Waals surface area contributed by atoms with Crippen LogP contribution >= 0.6 is 0 Å². The summed E-state index contributed by atoms with van der Waals surface area (Å²) >= 11 is 0. The summed E-state index contributed by atoms with van der Waals surface area (Å²) in [5.41, 5.74) is 0.139. The zero-order valence-electron chi connectivity index (χ0n) is 14.6. The first kappa shape index (κ1) is 21.7. The summed E-state index contributed by atoms with van der Waals surface area (Å²) in [6.07, 6.45) is -1.87. The summed E-state index contributed by atoms with van der Waals surface area (Å²) in [7, 11) is 0. The predicted octanol–water partition coefficient (Wildman–Crippen LogP) is 3.04. The maximum absolute atomic E-state index is 14.4. The zero-order chi connectivity index (χ0) is 21.4. The van der Waals surface area contributed by atoms with Crippen molar-refractivity contribution < 1.29 is 41.0 Å². The molecular formula is C18H15F6NO3. The fourth-order valence-electron chi connectivity index (χ4n) is 2.58. The first-order valence-electron chi connectivity index (χ1n) is 7.88. The van der Waals surface area contributed by atoms with Crippen LogP contribution in [0.25, 0.3) is 0 Å². The smallest absolute Gasteiger partial charge is 0.323 e. The largest absolute Gasteiger partial charge is 0.458 e. The van der Waals surface area contributed by atoms with Gasteiger partial charge in [0.25, 0.3) is 0 Å². The summed E-state index contributed by atoms with van der Waals surface area (Å²) in [6.45, 7) is 2.17. The first-order valence-corrected chi connectivity index (χ1v) is 7.88. The second-order valence-corrected chi connectivity index (χ2v) is 6.13. The Bertz CT molecular complexity index is 861. The molecule has 0 saturated carbocycles. The summed E-state index contributed by atoms with van der Waals surface area (Å²) in [6, 6.07) is -0.694. The Balaban J connectivity index is 2.78. The lowest BCUT2D eigenvalue weighted by Crippen LogP contribution is -2.45. The molecule has 2 aromatic carbocycles. The number of carbonyl (C=O) groups excluding carboxylic acids is 1. The lowest BCUT2D eigenvalue weighted by Gasteiger charge is -2.35. The number of aliphatic hydroxyl groups is 1. The Labute approximate surface area is 155 Å². The third-order valence-electron chi connectivity index (χ3n) is 4.09. The minimum Gasteiger partial charge on any atom is -0.458 e. The summed E-state index contributed by atoms with van der Waals surface area (Å²) in [4.78, 5) is 11.8. The van der Waals surface area contributed by atoms with Crippen LogP contribution < -0.4 is 5.73 Å². The van der Waals surface area contributed by atoms with Crippen molar-refractivity contribution >= 4 is 5.97 Å². The molecule has 0 bridgehead atoms. The van der Waals surface area contributed by atoms with Crippen LogP contribution in [-0.4, -0.2) is 23.2 Å². The van der Waals surface area contributed by atoms with Crippen molar-refractivity contribution in [3.63, 3.8) is 0 Å². The van der Waals surface area contributed by atoms with Gasteiger partial charge in [0.2, 0.25) is 0 Å². The van der Waals surface area contributed by atoms with E-state index in [0.29, 0.717) is 0 Å². The van der Waals surface area contributed by atoms with Gasteiger partial charge in [0, 0.05) is 23.3 Å². The second-order valence-electron chi connectivity index (χ2n) is 6.13.